The summed E-state index contributed by atoms with van der Waals surface area (Å²) in [7, 11) is 3.31. The number of nitrogens with one attached hydrogen (secondary N) is 1. The van der Waals surface area contributed by atoms with Crippen molar-refractivity contribution < 1.29 is 9.59 Å². The second-order valence-corrected chi connectivity index (χ2v) is 4.36. The SMILES string of the molecule is C1CCNC1.CN(C)C(=O)c1ccccc1C=O. The lowest BCUT2D eigenvalue weighted by Gasteiger charge is -2.11. The Morgan fingerprint density at radius 3 is 2.28 bits per heavy atom. The van der Waals surface area contributed by atoms with E-state index in [1.54, 1.807) is 38.4 Å². The van der Waals surface area contributed by atoms with Crippen LogP contribution < -0.4 is 5.32 Å². The van der Waals surface area contributed by atoms with Crippen molar-refractivity contribution in [2.24, 2.45) is 0 Å². The van der Waals surface area contributed by atoms with Crippen LogP contribution in [0.4, 0.5) is 0 Å². The summed E-state index contributed by atoms with van der Waals surface area (Å²) in [6.07, 6.45) is 3.47. The molecule has 1 aliphatic rings. The van der Waals surface area contributed by atoms with Crippen molar-refractivity contribution in [3.63, 3.8) is 0 Å². The van der Waals surface area contributed by atoms with E-state index in [4.69, 9.17) is 0 Å². The Morgan fingerprint density at radius 2 is 1.83 bits per heavy atom. The molecule has 18 heavy (non-hydrogen) atoms. The molecular weight excluding hydrogens is 228 g/mol. The summed E-state index contributed by atoms with van der Waals surface area (Å²) < 4.78 is 0. The highest BCUT2D eigenvalue weighted by molar-refractivity contribution is 6.01. The van der Waals surface area contributed by atoms with Crippen molar-refractivity contribution in [1.29, 1.82) is 0 Å². The average Bonchev–Trinajstić information content (AvgIpc) is 2.96. The van der Waals surface area contributed by atoms with Gasteiger partial charge in [0, 0.05) is 19.7 Å². The summed E-state index contributed by atoms with van der Waals surface area (Å²) >= 11 is 0. The Labute approximate surface area is 108 Å². The van der Waals surface area contributed by atoms with Gasteiger partial charge in [0.15, 0.2) is 6.29 Å². The first-order valence-electron chi connectivity index (χ1n) is 6.13. The molecule has 1 aliphatic heterocycles. The molecule has 0 unspecified atom stereocenters. The summed E-state index contributed by atoms with van der Waals surface area (Å²) in [5.74, 6) is -0.150. The number of benzene rings is 1. The first-order valence-corrected chi connectivity index (χ1v) is 6.13. The fourth-order valence-electron chi connectivity index (χ4n) is 1.66. The molecule has 1 amide bonds. The predicted molar refractivity (Wildman–Crippen MR) is 72.0 cm³/mol. The van der Waals surface area contributed by atoms with E-state index in [0.717, 1.165) is 0 Å². The van der Waals surface area contributed by atoms with Gasteiger partial charge in [0.1, 0.15) is 0 Å². The largest absolute Gasteiger partial charge is 0.345 e. The maximum atomic E-state index is 11.5. The molecule has 1 heterocycles. The zero-order valence-electron chi connectivity index (χ0n) is 11.0. The van der Waals surface area contributed by atoms with Gasteiger partial charge in [-0.05, 0) is 32.0 Å². The van der Waals surface area contributed by atoms with Crippen LogP contribution in [0.15, 0.2) is 24.3 Å². The predicted octanol–water partition coefficient (Wildman–Crippen LogP) is 1.57. The highest BCUT2D eigenvalue weighted by Crippen LogP contribution is 2.07. The van der Waals surface area contributed by atoms with E-state index in [2.05, 4.69) is 5.32 Å². The van der Waals surface area contributed by atoms with Crippen molar-refractivity contribution in [3.05, 3.63) is 35.4 Å². The molecule has 4 heteroatoms. The van der Waals surface area contributed by atoms with E-state index >= 15 is 0 Å². The molecule has 0 saturated carbocycles. The van der Waals surface area contributed by atoms with E-state index in [1.165, 1.54) is 30.8 Å². The number of carbonyl (C=O) groups excluding carboxylic acids is 2. The van der Waals surface area contributed by atoms with E-state index in [-0.39, 0.29) is 5.91 Å². The van der Waals surface area contributed by atoms with Crippen molar-refractivity contribution in [1.82, 2.24) is 10.2 Å². The van der Waals surface area contributed by atoms with Gasteiger partial charge >= 0.3 is 0 Å². The summed E-state index contributed by atoms with van der Waals surface area (Å²) in [5.41, 5.74) is 0.878. The maximum Gasteiger partial charge on any atom is 0.254 e. The lowest BCUT2D eigenvalue weighted by molar-refractivity contribution is 0.0824. The first-order chi connectivity index (χ1) is 8.66. The number of nitrogens with zero attached hydrogens (tertiary/aromatic N) is 1. The zero-order valence-corrected chi connectivity index (χ0v) is 11.0. The van der Waals surface area contributed by atoms with Crippen LogP contribution in [0.1, 0.15) is 33.6 Å². The second-order valence-electron chi connectivity index (χ2n) is 4.36. The molecule has 1 saturated heterocycles. The standard InChI is InChI=1S/C10H11NO2.C4H9N/c1-11(2)10(13)9-6-4-3-5-8(9)7-12;1-2-4-5-3-1/h3-7H,1-2H3;5H,1-4H2. The molecule has 0 bridgehead atoms. The summed E-state index contributed by atoms with van der Waals surface area (Å²) in [6.45, 7) is 2.50. The first kappa shape index (κ1) is 14.4. The smallest absolute Gasteiger partial charge is 0.254 e. The Balaban J connectivity index is 0.000000269. The molecule has 98 valence electrons. The second kappa shape index (κ2) is 7.61. The minimum absolute atomic E-state index is 0.150. The van der Waals surface area contributed by atoms with Gasteiger partial charge in [-0.2, -0.15) is 0 Å². The molecule has 1 fully saturated rings. The Hall–Kier alpha value is -1.68. The van der Waals surface area contributed by atoms with Gasteiger partial charge in [0.2, 0.25) is 0 Å². The highest BCUT2D eigenvalue weighted by atomic mass is 16.2. The molecule has 4 nitrogen and oxygen atoms in total. The van der Waals surface area contributed by atoms with Gasteiger partial charge in [0.25, 0.3) is 5.91 Å². The number of rotatable bonds is 2. The maximum absolute atomic E-state index is 11.5. The van der Waals surface area contributed by atoms with Crippen molar-refractivity contribution in [3.8, 4) is 0 Å². The third-order valence-electron chi connectivity index (χ3n) is 2.68. The average molecular weight is 248 g/mol. The van der Waals surface area contributed by atoms with Crippen LogP contribution in [0.5, 0.6) is 0 Å². The van der Waals surface area contributed by atoms with Crippen LogP contribution in [-0.4, -0.2) is 44.3 Å². The number of amides is 1. The quantitative estimate of drug-likeness (QED) is 0.808. The van der Waals surface area contributed by atoms with Gasteiger partial charge in [-0.3, -0.25) is 9.59 Å². The van der Waals surface area contributed by atoms with Crippen LogP contribution in [0.2, 0.25) is 0 Å². The van der Waals surface area contributed by atoms with E-state index in [0.29, 0.717) is 17.4 Å². The molecule has 2 rings (SSSR count). The third kappa shape index (κ3) is 4.30. The molecule has 1 N–H and O–H groups in total. The van der Waals surface area contributed by atoms with Crippen molar-refractivity contribution in [2.45, 2.75) is 12.8 Å². The molecule has 0 aromatic heterocycles. The Morgan fingerprint density at radius 1 is 1.22 bits per heavy atom. The molecule has 0 atom stereocenters. The molecular formula is C14H20N2O2. The number of hydrogen-bond acceptors (Lipinski definition) is 3. The Kier molecular flexibility index (Phi) is 6.08. The fourth-order valence-corrected chi connectivity index (χ4v) is 1.66. The number of carbonyl (C=O) groups is 2. The van der Waals surface area contributed by atoms with Crippen LogP contribution >= 0.6 is 0 Å². The van der Waals surface area contributed by atoms with Crippen LogP contribution in [0, 0.1) is 0 Å². The van der Waals surface area contributed by atoms with E-state index in [1.807, 2.05) is 0 Å². The van der Waals surface area contributed by atoms with E-state index < -0.39 is 0 Å². The minimum atomic E-state index is -0.150. The number of hydrogen-bond donors (Lipinski definition) is 1. The van der Waals surface area contributed by atoms with E-state index in [9.17, 15) is 9.59 Å². The lowest BCUT2D eigenvalue weighted by atomic mass is 10.1. The van der Waals surface area contributed by atoms with Gasteiger partial charge in [0.05, 0.1) is 5.56 Å². The topological polar surface area (TPSA) is 49.4 Å². The summed E-state index contributed by atoms with van der Waals surface area (Å²) in [6, 6.07) is 6.75. The zero-order chi connectivity index (χ0) is 13.4. The van der Waals surface area contributed by atoms with Gasteiger partial charge in [-0.1, -0.05) is 18.2 Å². The molecule has 0 radical (unpaired) electrons. The summed E-state index contributed by atoms with van der Waals surface area (Å²) in [5, 5.41) is 3.22. The number of aldehydes is 1. The third-order valence-corrected chi connectivity index (χ3v) is 2.68. The van der Waals surface area contributed by atoms with Crippen LogP contribution in [0.25, 0.3) is 0 Å². The van der Waals surface area contributed by atoms with Gasteiger partial charge < -0.3 is 10.2 Å². The van der Waals surface area contributed by atoms with Crippen LogP contribution in [-0.2, 0) is 0 Å². The van der Waals surface area contributed by atoms with Crippen molar-refractivity contribution in [2.75, 3.05) is 27.2 Å². The fraction of sp³-hybridized carbons (Fsp3) is 0.429. The minimum Gasteiger partial charge on any atom is -0.345 e. The van der Waals surface area contributed by atoms with Crippen molar-refractivity contribution >= 4 is 12.2 Å². The van der Waals surface area contributed by atoms with Crippen LogP contribution in [0.3, 0.4) is 0 Å². The molecule has 0 spiro atoms. The molecule has 1 aromatic rings. The van der Waals surface area contributed by atoms with Gasteiger partial charge in [-0.15, -0.1) is 0 Å². The summed E-state index contributed by atoms with van der Waals surface area (Å²) in [4.78, 5) is 23.5. The molecule has 0 aliphatic carbocycles. The normalized spacial score (nSPS) is 13.4. The lowest BCUT2D eigenvalue weighted by Crippen LogP contribution is -2.22. The Bertz CT molecular complexity index is 391. The highest BCUT2D eigenvalue weighted by Gasteiger charge is 2.11. The monoisotopic (exact) mass is 248 g/mol. The van der Waals surface area contributed by atoms with Gasteiger partial charge in [-0.25, -0.2) is 0 Å². The molecule has 1 aromatic carbocycles.